The van der Waals surface area contributed by atoms with Crippen LogP contribution in [-0.4, -0.2) is 61.6 Å². The molecule has 0 amide bonds. The first-order chi connectivity index (χ1) is 24.1. The lowest BCUT2D eigenvalue weighted by atomic mass is 9.77. The molecule has 282 valence electrons. The molecular weight excluding hydrogens is 1100 g/mol. The second-order valence-corrected chi connectivity index (χ2v) is 20.7. The molecule has 1 aromatic heterocycles. The first-order valence-electron chi connectivity index (χ1n) is 15.3. The molecule has 52 heavy (non-hydrogen) atoms. The first-order valence-corrected chi connectivity index (χ1v) is 24.0. The lowest BCUT2D eigenvalue weighted by Crippen LogP contribution is -2.36. The lowest BCUT2D eigenvalue weighted by molar-refractivity contribution is -0.668. The zero-order valence-corrected chi connectivity index (χ0v) is 37.0. The van der Waals surface area contributed by atoms with Crippen LogP contribution in [0.3, 0.4) is 0 Å². The number of nitrogens with zero attached hydrogens (tertiary/aromatic N) is 2. The van der Waals surface area contributed by atoms with Crippen molar-refractivity contribution in [2.24, 2.45) is 0 Å². The van der Waals surface area contributed by atoms with Crippen LogP contribution in [0.25, 0.3) is 16.3 Å². The van der Waals surface area contributed by atoms with Crippen molar-refractivity contribution in [3.8, 4) is 0 Å². The highest BCUT2D eigenvalue weighted by Gasteiger charge is 2.44. The molecule has 1 aliphatic rings. The fraction of sp³-hybridized carbons (Fsp3) is 0.312. The number of unbranched alkanes of at least 4 members (excludes halogenated alkanes) is 1. The van der Waals surface area contributed by atoms with Gasteiger partial charge in [-0.1, -0.05) is 48.1 Å². The second-order valence-electron chi connectivity index (χ2n) is 12.0. The van der Waals surface area contributed by atoms with Crippen molar-refractivity contribution in [1.29, 1.82) is 0 Å². The molecule has 4 rings (SSSR count). The summed E-state index contributed by atoms with van der Waals surface area (Å²) in [6, 6.07) is 5.64. The molecule has 1 unspecified atom stereocenters. The summed E-state index contributed by atoms with van der Waals surface area (Å²) in [7, 11) is -13.5. The third-order valence-electron chi connectivity index (χ3n) is 8.19. The highest BCUT2D eigenvalue weighted by atomic mass is 127. The number of allylic oxidation sites excluding steroid dienone is 7. The molecule has 2 heterocycles. The summed E-state index contributed by atoms with van der Waals surface area (Å²) in [5.74, 6) is -2.20. The number of carboxylic acids is 1. The number of aromatic nitrogens is 1. The van der Waals surface area contributed by atoms with E-state index >= 15 is 0 Å². The molecule has 0 fully saturated rings. The van der Waals surface area contributed by atoms with Gasteiger partial charge in [-0.05, 0) is 117 Å². The van der Waals surface area contributed by atoms with E-state index in [1.165, 1.54) is 17.0 Å². The Kier molecular flexibility index (Phi) is 14.6. The predicted octanol–water partition coefficient (Wildman–Crippen LogP) is 6.46. The fourth-order valence-electron chi connectivity index (χ4n) is 5.89. The number of thiazole rings is 1. The van der Waals surface area contributed by atoms with E-state index in [1.807, 2.05) is 16.7 Å². The van der Waals surface area contributed by atoms with E-state index in [-0.39, 0.29) is 30.7 Å². The van der Waals surface area contributed by atoms with Crippen LogP contribution in [0, 0.1) is 10.7 Å². The summed E-state index contributed by atoms with van der Waals surface area (Å²) in [6.45, 7) is 2.11. The average Bonchev–Trinajstić information content (AvgIpc) is 3.47. The van der Waals surface area contributed by atoms with E-state index < -0.39 is 52.5 Å². The molecule has 0 bridgehead atoms. The number of carboxylic acid groups (broad SMARTS) is 1. The Labute approximate surface area is 347 Å². The van der Waals surface area contributed by atoms with Gasteiger partial charge in [-0.25, -0.2) is 8.42 Å². The summed E-state index contributed by atoms with van der Waals surface area (Å²) in [5, 5.41) is 9.98. The summed E-state index contributed by atoms with van der Waals surface area (Å²) >= 11 is 8.39. The Hall–Kier alpha value is -1.52. The van der Waals surface area contributed by atoms with Crippen molar-refractivity contribution < 1.29 is 53.4 Å². The van der Waals surface area contributed by atoms with Gasteiger partial charge in [-0.3, -0.25) is 13.9 Å². The second kappa shape index (κ2) is 17.5. The van der Waals surface area contributed by atoms with Gasteiger partial charge in [-0.15, -0.1) is 0 Å². The summed E-state index contributed by atoms with van der Waals surface area (Å²) in [6.07, 6.45) is 13.2. The van der Waals surface area contributed by atoms with E-state index in [0.29, 0.717) is 30.6 Å². The molecule has 3 aromatic rings. The van der Waals surface area contributed by atoms with Crippen LogP contribution in [0.5, 0.6) is 0 Å². The van der Waals surface area contributed by atoms with Gasteiger partial charge in [0.1, 0.15) is 14.8 Å². The third kappa shape index (κ3) is 11.0. The number of hydrogen-bond acceptors (Lipinski definition) is 10. The maximum atomic E-state index is 12.1. The molecule has 1 aliphatic heterocycles. The fourth-order valence-corrected chi connectivity index (χ4v) is 11.2. The standard InChI is InChI=1S/C32H33I3N2O11S4/c1-32(15-8-7-12-28(38)39)22-18-21(52(46,47)48)13-14-24(22)37(20-51(43,44)45)26(32)10-5-3-2-4-6-11-27-36(16-9-17-50(40,41)42)25-19-23(33)29(34)30(35)31(25)49-27/h2-6,10-11,13-14,18-19H,7-9,12,15-17,20H2,1H3,(H3-,38,39,40,41,42,43,44,45,46,47,48). The van der Waals surface area contributed by atoms with E-state index in [4.69, 9.17) is 5.11 Å². The monoisotopic (exact) mass is 1130 g/mol. The molecule has 0 saturated heterocycles. The first kappa shape index (κ1) is 43.2. The van der Waals surface area contributed by atoms with Crippen LogP contribution in [0.15, 0.2) is 71.3 Å². The molecule has 0 saturated carbocycles. The number of aliphatic carboxylic acids is 1. The number of hydrogen-bond donors (Lipinski definition) is 3. The molecule has 1 atom stereocenters. The molecule has 2 aromatic carbocycles. The van der Waals surface area contributed by atoms with E-state index in [0.717, 1.165) is 32.0 Å². The minimum absolute atomic E-state index is 0.103. The van der Waals surface area contributed by atoms with E-state index in [2.05, 4.69) is 67.8 Å². The van der Waals surface area contributed by atoms with Crippen molar-refractivity contribution in [1.82, 2.24) is 0 Å². The normalized spacial score (nSPS) is 17.8. The Balaban J connectivity index is 1.67. The van der Waals surface area contributed by atoms with Gasteiger partial charge in [-0.2, -0.15) is 21.4 Å². The molecule has 13 nitrogen and oxygen atoms in total. The van der Waals surface area contributed by atoms with Gasteiger partial charge < -0.3 is 14.6 Å². The van der Waals surface area contributed by atoms with Crippen LogP contribution in [0.2, 0.25) is 0 Å². The zero-order valence-electron chi connectivity index (χ0n) is 27.3. The van der Waals surface area contributed by atoms with E-state index in [1.54, 1.807) is 54.7 Å². The van der Waals surface area contributed by atoms with Gasteiger partial charge in [0.25, 0.3) is 25.2 Å². The molecule has 20 heteroatoms. The van der Waals surface area contributed by atoms with Crippen molar-refractivity contribution in [3.05, 3.63) is 87.7 Å². The van der Waals surface area contributed by atoms with Crippen LogP contribution in [0.4, 0.5) is 5.69 Å². The Morgan fingerprint density at radius 2 is 1.62 bits per heavy atom. The van der Waals surface area contributed by atoms with Crippen molar-refractivity contribution >= 4 is 137 Å². The minimum Gasteiger partial charge on any atom is -0.744 e. The maximum Gasteiger partial charge on any atom is 0.303 e. The number of fused-ring (bicyclic) bond motifs is 2. The van der Waals surface area contributed by atoms with Crippen LogP contribution in [-0.2, 0) is 47.1 Å². The van der Waals surface area contributed by atoms with Gasteiger partial charge >= 0.3 is 5.97 Å². The summed E-state index contributed by atoms with van der Waals surface area (Å²) in [4.78, 5) is 12.0. The Morgan fingerprint density at radius 3 is 2.25 bits per heavy atom. The smallest absolute Gasteiger partial charge is 0.303 e. The van der Waals surface area contributed by atoms with Crippen LogP contribution in [0.1, 0.15) is 49.6 Å². The van der Waals surface area contributed by atoms with Gasteiger partial charge in [0, 0.05) is 48.9 Å². The number of rotatable bonds is 16. The SMILES string of the molecule is CC1(CCCCC(=O)O)/C(=C/C=C/C=C/C=C/c2sc3c(I)c(I)c(I)cc3[n+]2CCCS(=O)(=O)O)N(CS(=O)(=O)O)c2ccc(S(=O)(=O)[O-])cc21. The zero-order chi connectivity index (χ0) is 38.6. The lowest BCUT2D eigenvalue weighted by Gasteiger charge is -2.30. The number of benzene rings is 2. The number of carbonyl (C=O) groups is 1. The Morgan fingerprint density at radius 1 is 0.942 bits per heavy atom. The number of halogens is 3. The highest BCUT2D eigenvalue weighted by Crippen LogP contribution is 2.51. The topological polar surface area (TPSA) is 210 Å². The third-order valence-corrected chi connectivity index (χ3v) is 17.1. The molecular formula is C32H33I3N2O11S4. The van der Waals surface area contributed by atoms with Gasteiger partial charge in [0.15, 0.2) is 12.4 Å². The number of aryl methyl sites for hydroxylation is 1. The van der Waals surface area contributed by atoms with Crippen molar-refractivity contribution in [3.63, 3.8) is 0 Å². The average molecular weight is 1130 g/mol. The number of anilines is 1. The quantitative estimate of drug-likeness (QED) is 0.0353. The highest BCUT2D eigenvalue weighted by molar-refractivity contribution is 14.1. The maximum absolute atomic E-state index is 12.1. The Bertz CT molecular complexity index is 2340. The summed E-state index contributed by atoms with van der Waals surface area (Å²) in [5.41, 5.74) is 0.934. The van der Waals surface area contributed by atoms with Crippen LogP contribution >= 0.6 is 79.1 Å². The van der Waals surface area contributed by atoms with Gasteiger partial charge in [0.2, 0.25) is 5.52 Å². The molecule has 0 aliphatic carbocycles. The largest absolute Gasteiger partial charge is 0.744 e. The molecule has 0 radical (unpaired) electrons. The van der Waals surface area contributed by atoms with Gasteiger partial charge in [0.05, 0.1) is 14.2 Å². The molecule has 3 N–H and O–H groups in total. The molecule has 0 spiro atoms. The predicted molar refractivity (Wildman–Crippen MR) is 223 cm³/mol. The van der Waals surface area contributed by atoms with Crippen LogP contribution < -0.4 is 9.47 Å². The minimum atomic E-state index is -4.86. The van der Waals surface area contributed by atoms with Crippen molar-refractivity contribution in [2.45, 2.75) is 55.9 Å². The van der Waals surface area contributed by atoms with Crippen molar-refractivity contribution in [2.75, 3.05) is 16.5 Å². The summed E-state index contributed by atoms with van der Waals surface area (Å²) < 4.78 is 108. The van der Waals surface area contributed by atoms with E-state index in [9.17, 15) is 43.7 Å².